The maximum absolute atomic E-state index is 14.0. The molecule has 0 fully saturated rings. The smallest absolute Gasteiger partial charge is 0.204 e. The molecule has 0 aliphatic heterocycles. The third-order valence-corrected chi connectivity index (χ3v) is 7.20. The van der Waals surface area contributed by atoms with Gasteiger partial charge in [-0.05, 0) is 37.1 Å². The number of nitrogens with one attached hydrogen (secondary N) is 1. The zero-order valence-corrected chi connectivity index (χ0v) is 15.8. The van der Waals surface area contributed by atoms with Gasteiger partial charge in [-0.3, -0.25) is 9.65 Å². The molecule has 0 heterocycles. The van der Waals surface area contributed by atoms with Crippen LogP contribution in [0.4, 0.5) is 0 Å². The molecule has 0 aromatic heterocycles. The highest BCUT2D eigenvalue weighted by atomic mass is 31.2. The second-order valence-electron chi connectivity index (χ2n) is 6.39. The number of hydrogen-bond donors (Lipinski definition) is 1. The van der Waals surface area contributed by atoms with Crippen LogP contribution in [0, 0.1) is 0 Å². The summed E-state index contributed by atoms with van der Waals surface area (Å²) in [6.45, 7) is 4.43. The van der Waals surface area contributed by atoms with Crippen molar-refractivity contribution in [1.29, 1.82) is 0 Å². The fourth-order valence-corrected chi connectivity index (χ4v) is 5.56. The SMILES string of the molecule is CCCCC(CCCC)NP(=O)(c1ccccc1)c1ccccc1. The van der Waals surface area contributed by atoms with Crippen LogP contribution in [0.15, 0.2) is 60.7 Å². The maximum Gasteiger partial charge on any atom is 0.204 e. The third-order valence-electron chi connectivity index (χ3n) is 4.42. The lowest BCUT2D eigenvalue weighted by molar-refractivity contribution is 0.478. The Labute approximate surface area is 147 Å². The average molecular weight is 343 g/mol. The number of unbranched alkanes of at least 4 members (excludes halogenated alkanes) is 2. The standard InChI is InChI=1S/C21H30NOP/c1-3-5-13-19(14-6-4-2)22-24(23,20-15-9-7-10-16-20)21-17-11-8-12-18-21/h7-12,15-19H,3-6,13-14H2,1-2H3,(H,22,23). The van der Waals surface area contributed by atoms with Gasteiger partial charge in [0.2, 0.25) is 7.29 Å². The van der Waals surface area contributed by atoms with Gasteiger partial charge in [0, 0.05) is 16.7 Å². The molecule has 0 bridgehead atoms. The van der Waals surface area contributed by atoms with Crippen molar-refractivity contribution in [3.63, 3.8) is 0 Å². The number of hydrogen-bond acceptors (Lipinski definition) is 1. The average Bonchev–Trinajstić information content (AvgIpc) is 2.65. The zero-order valence-electron chi connectivity index (χ0n) is 14.9. The molecule has 0 aliphatic rings. The van der Waals surface area contributed by atoms with Gasteiger partial charge in [0.05, 0.1) is 0 Å². The van der Waals surface area contributed by atoms with E-state index in [9.17, 15) is 4.57 Å². The van der Waals surface area contributed by atoms with Crippen LogP contribution < -0.4 is 15.7 Å². The van der Waals surface area contributed by atoms with E-state index in [0.717, 1.165) is 23.5 Å². The topological polar surface area (TPSA) is 29.1 Å². The van der Waals surface area contributed by atoms with Gasteiger partial charge in [-0.15, -0.1) is 0 Å². The van der Waals surface area contributed by atoms with Crippen LogP contribution in [0.3, 0.4) is 0 Å². The molecule has 2 rings (SSSR count). The van der Waals surface area contributed by atoms with Crippen LogP contribution >= 0.6 is 7.29 Å². The molecule has 2 aromatic rings. The first kappa shape index (κ1) is 19.0. The summed E-state index contributed by atoms with van der Waals surface area (Å²) < 4.78 is 14.0. The number of rotatable bonds is 10. The first-order chi connectivity index (χ1) is 11.7. The lowest BCUT2D eigenvalue weighted by atomic mass is 10.1. The predicted molar refractivity (Wildman–Crippen MR) is 106 cm³/mol. The van der Waals surface area contributed by atoms with Crippen molar-refractivity contribution in [2.45, 2.75) is 58.4 Å². The Morgan fingerprint density at radius 1 is 0.792 bits per heavy atom. The van der Waals surface area contributed by atoms with Crippen LogP contribution in [0.5, 0.6) is 0 Å². The zero-order chi connectivity index (χ0) is 17.3. The van der Waals surface area contributed by atoms with E-state index in [1.807, 2.05) is 60.7 Å². The molecule has 24 heavy (non-hydrogen) atoms. The van der Waals surface area contributed by atoms with Gasteiger partial charge >= 0.3 is 0 Å². The molecule has 1 N–H and O–H groups in total. The Morgan fingerprint density at radius 3 is 1.58 bits per heavy atom. The van der Waals surface area contributed by atoms with Crippen molar-refractivity contribution in [3.8, 4) is 0 Å². The molecule has 2 aromatic carbocycles. The first-order valence-electron chi connectivity index (χ1n) is 9.19. The van der Waals surface area contributed by atoms with Gasteiger partial charge in [-0.25, -0.2) is 0 Å². The van der Waals surface area contributed by atoms with E-state index in [2.05, 4.69) is 18.9 Å². The Hall–Kier alpha value is -1.37. The summed E-state index contributed by atoms with van der Waals surface area (Å²) in [5.74, 6) is 0. The molecular formula is C21H30NOP. The van der Waals surface area contributed by atoms with Crippen molar-refractivity contribution < 1.29 is 4.57 Å². The van der Waals surface area contributed by atoms with Crippen molar-refractivity contribution in [1.82, 2.24) is 5.09 Å². The fourth-order valence-electron chi connectivity index (χ4n) is 3.01. The van der Waals surface area contributed by atoms with Crippen molar-refractivity contribution >= 4 is 17.9 Å². The predicted octanol–water partition coefficient (Wildman–Crippen LogP) is 5.25. The van der Waals surface area contributed by atoms with Gasteiger partial charge in [0.1, 0.15) is 0 Å². The van der Waals surface area contributed by atoms with Gasteiger partial charge in [-0.1, -0.05) is 75.9 Å². The minimum Gasteiger partial charge on any atom is -0.297 e. The van der Waals surface area contributed by atoms with Crippen molar-refractivity contribution in [3.05, 3.63) is 60.7 Å². The summed E-state index contributed by atoms with van der Waals surface area (Å²) in [6.07, 6.45) is 6.85. The molecule has 0 spiro atoms. The lowest BCUT2D eigenvalue weighted by Crippen LogP contribution is -2.35. The van der Waals surface area contributed by atoms with Crippen molar-refractivity contribution in [2.24, 2.45) is 0 Å². The van der Waals surface area contributed by atoms with Crippen LogP contribution in [-0.4, -0.2) is 6.04 Å². The molecule has 0 saturated heterocycles. The van der Waals surface area contributed by atoms with Gasteiger partial charge in [0.25, 0.3) is 0 Å². The van der Waals surface area contributed by atoms with E-state index in [-0.39, 0.29) is 0 Å². The molecule has 0 unspecified atom stereocenters. The molecule has 3 heteroatoms. The summed E-state index contributed by atoms with van der Waals surface area (Å²) in [4.78, 5) is 0. The van der Waals surface area contributed by atoms with Gasteiger partial charge in [0.15, 0.2) is 0 Å². The Morgan fingerprint density at radius 2 is 1.21 bits per heavy atom. The summed E-state index contributed by atoms with van der Waals surface area (Å²) in [7, 11) is -2.81. The second-order valence-corrected chi connectivity index (χ2v) is 8.90. The quantitative estimate of drug-likeness (QED) is 0.597. The molecular weight excluding hydrogens is 313 g/mol. The van der Waals surface area contributed by atoms with Crippen molar-refractivity contribution in [2.75, 3.05) is 0 Å². The molecule has 130 valence electrons. The Bertz CT molecular complexity index is 575. The second kappa shape index (κ2) is 9.81. The summed E-state index contributed by atoms with van der Waals surface area (Å²) in [5, 5.41) is 5.38. The molecule has 0 radical (unpaired) electrons. The fraction of sp³-hybridized carbons (Fsp3) is 0.429. The van der Waals surface area contributed by atoms with Crippen LogP contribution in [0.25, 0.3) is 0 Å². The van der Waals surface area contributed by atoms with Crippen LogP contribution in [-0.2, 0) is 4.57 Å². The normalized spacial score (nSPS) is 11.8. The van der Waals surface area contributed by atoms with E-state index in [1.54, 1.807) is 0 Å². The molecule has 0 atom stereocenters. The highest BCUT2D eigenvalue weighted by Crippen LogP contribution is 2.40. The van der Waals surface area contributed by atoms with E-state index >= 15 is 0 Å². The third kappa shape index (κ3) is 5.06. The molecule has 0 saturated carbocycles. The molecule has 2 nitrogen and oxygen atoms in total. The number of benzene rings is 2. The van der Waals surface area contributed by atoms with E-state index < -0.39 is 7.29 Å². The minimum atomic E-state index is -2.81. The van der Waals surface area contributed by atoms with E-state index in [0.29, 0.717) is 6.04 Å². The van der Waals surface area contributed by atoms with Gasteiger partial charge in [-0.2, -0.15) is 0 Å². The Balaban J connectivity index is 2.33. The first-order valence-corrected chi connectivity index (χ1v) is 10.9. The molecule has 0 amide bonds. The Kier molecular flexibility index (Phi) is 7.75. The van der Waals surface area contributed by atoms with E-state index in [4.69, 9.17) is 0 Å². The summed E-state index contributed by atoms with van der Waals surface area (Å²) >= 11 is 0. The highest BCUT2D eigenvalue weighted by molar-refractivity contribution is 7.76. The molecule has 0 aliphatic carbocycles. The largest absolute Gasteiger partial charge is 0.297 e. The van der Waals surface area contributed by atoms with Crippen LogP contribution in [0.1, 0.15) is 52.4 Å². The summed E-state index contributed by atoms with van der Waals surface area (Å²) in [6, 6.07) is 20.1. The lowest BCUT2D eigenvalue weighted by Gasteiger charge is -2.27. The highest BCUT2D eigenvalue weighted by Gasteiger charge is 2.29. The summed E-state index contributed by atoms with van der Waals surface area (Å²) in [5.41, 5.74) is 0. The van der Waals surface area contributed by atoms with Gasteiger partial charge < -0.3 is 0 Å². The minimum absolute atomic E-state index is 0.302. The maximum atomic E-state index is 14.0. The monoisotopic (exact) mass is 343 g/mol. The van der Waals surface area contributed by atoms with E-state index in [1.165, 1.54) is 25.7 Å². The van der Waals surface area contributed by atoms with Crippen LogP contribution in [0.2, 0.25) is 0 Å².